The molecule has 0 aliphatic heterocycles. The van der Waals surface area contributed by atoms with E-state index in [0.717, 1.165) is 37.0 Å². The van der Waals surface area contributed by atoms with Crippen LogP contribution in [0.4, 0.5) is 0 Å². The Morgan fingerprint density at radius 3 is 1.94 bits per heavy atom. The summed E-state index contributed by atoms with van der Waals surface area (Å²) in [5, 5.41) is 0. The zero-order valence-corrected chi connectivity index (χ0v) is 21.3. The van der Waals surface area contributed by atoms with E-state index in [1.807, 2.05) is 6.92 Å². The molecule has 0 N–H and O–H groups in total. The van der Waals surface area contributed by atoms with Crippen LogP contribution in [0, 0.1) is 35.0 Å². The number of Topliss-reactive ketones (excluding diaryl/α,β-unsaturated/α-hetero) is 1. The first-order valence-electron chi connectivity index (χ1n) is 14.2. The summed E-state index contributed by atoms with van der Waals surface area (Å²) < 4.78 is 5.55. The first-order valence-corrected chi connectivity index (χ1v) is 14.2. The second kappa shape index (κ2) is 12.6. The normalized spacial score (nSPS) is 36.1. The number of carbonyl (C=O) groups excluding carboxylic acids is 2. The summed E-state index contributed by atoms with van der Waals surface area (Å²) in [5.74, 6) is 3.95. The van der Waals surface area contributed by atoms with Crippen molar-refractivity contribution in [2.24, 2.45) is 35.0 Å². The minimum absolute atomic E-state index is 0.143. The fraction of sp³-hybridized carbons (Fsp3) is 0.931. The van der Waals surface area contributed by atoms with E-state index in [9.17, 15) is 9.59 Å². The van der Waals surface area contributed by atoms with Crippen LogP contribution >= 0.6 is 0 Å². The third kappa shape index (κ3) is 6.60. The molecule has 0 heterocycles. The molecule has 2 atom stereocenters. The number of ketones is 1. The van der Waals surface area contributed by atoms with Crippen LogP contribution in [0.25, 0.3) is 0 Å². The molecule has 0 bridgehead atoms. The fourth-order valence-corrected chi connectivity index (χ4v) is 6.98. The van der Waals surface area contributed by atoms with Gasteiger partial charge in [-0.15, -0.1) is 0 Å². The molecule has 0 aromatic heterocycles. The highest BCUT2D eigenvalue weighted by Crippen LogP contribution is 2.47. The van der Waals surface area contributed by atoms with E-state index in [-0.39, 0.29) is 11.8 Å². The van der Waals surface area contributed by atoms with E-state index < -0.39 is 5.41 Å². The monoisotopic (exact) mass is 446 g/mol. The lowest BCUT2D eigenvalue weighted by atomic mass is 9.62. The van der Waals surface area contributed by atoms with E-state index in [2.05, 4.69) is 13.8 Å². The summed E-state index contributed by atoms with van der Waals surface area (Å²) in [6, 6.07) is 0. The Morgan fingerprint density at radius 1 is 0.812 bits per heavy atom. The zero-order valence-electron chi connectivity index (χ0n) is 21.3. The summed E-state index contributed by atoms with van der Waals surface area (Å²) in [4.78, 5) is 25.8. The van der Waals surface area contributed by atoms with Crippen LogP contribution in [0.3, 0.4) is 0 Å². The first-order chi connectivity index (χ1) is 15.5. The summed E-state index contributed by atoms with van der Waals surface area (Å²) in [6.45, 7) is 6.86. The standard InChI is InChI=1S/C29H50O3/c1-4-6-7-8-9-20-32-28(31)29(3)19-18-26(21-27(29)30)25-16-14-24(15-17-25)23-12-10-22(5-2)11-13-23/h22-26H,4-21H2,1-3H3/t22?,23?,24?,25?,26-,29+/m1/s1. The quantitative estimate of drug-likeness (QED) is 0.194. The third-order valence-electron chi connectivity index (χ3n) is 9.63. The predicted octanol–water partition coefficient (Wildman–Crippen LogP) is 7.90. The van der Waals surface area contributed by atoms with Crippen LogP contribution in [-0.2, 0) is 14.3 Å². The van der Waals surface area contributed by atoms with Gasteiger partial charge in [0, 0.05) is 6.42 Å². The molecule has 0 amide bonds. The smallest absolute Gasteiger partial charge is 0.319 e. The van der Waals surface area contributed by atoms with Gasteiger partial charge in [-0.05, 0) is 94.3 Å². The van der Waals surface area contributed by atoms with Gasteiger partial charge in [0.05, 0.1) is 6.61 Å². The summed E-state index contributed by atoms with van der Waals surface area (Å²) >= 11 is 0. The molecular formula is C29H50O3. The minimum Gasteiger partial charge on any atom is -0.465 e. The maximum atomic E-state index is 13.1. The maximum Gasteiger partial charge on any atom is 0.319 e. The summed E-state index contributed by atoms with van der Waals surface area (Å²) in [5.41, 5.74) is -0.894. The number of rotatable bonds is 10. The average molecular weight is 447 g/mol. The average Bonchev–Trinajstić information content (AvgIpc) is 2.83. The van der Waals surface area contributed by atoms with Crippen molar-refractivity contribution in [1.82, 2.24) is 0 Å². The number of carbonyl (C=O) groups is 2. The van der Waals surface area contributed by atoms with E-state index >= 15 is 0 Å². The van der Waals surface area contributed by atoms with Gasteiger partial charge in [-0.1, -0.05) is 58.8 Å². The topological polar surface area (TPSA) is 43.4 Å². The van der Waals surface area contributed by atoms with Crippen molar-refractivity contribution in [3.05, 3.63) is 0 Å². The molecule has 3 aliphatic carbocycles. The molecule has 3 heteroatoms. The lowest BCUT2D eigenvalue weighted by molar-refractivity contribution is -0.162. The van der Waals surface area contributed by atoms with Crippen molar-refractivity contribution in [1.29, 1.82) is 0 Å². The molecule has 0 aromatic rings. The van der Waals surface area contributed by atoms with Gasteiger partial charge in [0.2, 0.25) is 0 Å². The van der Waals surface area contributed by atoms with Crippen molar-refractivity contribution in [3.63, 3.8) is 0 Å². The Morgan fingerprint density at radius 2 is 1.38 bits per heavy atom. The van der Waals surface area contributed by atoms with Crippen LogP contribution in [0.5, 0.6) is 0 Å². The molecule has 3 fully saturated rings. The van der Waals surface area contributed by atoms with E-state index in [0.29, 0.717) is 31.3 Å². The lowest BCUT2D eigenvalue weighted by Crippen LogP contribution is -2.44. The molecule has 3 aliphatic rings. The van der Waals surface area contributed by atoms with Crippen LogP contribution in [0.15, 0.2) is 0 Å². The van der Waals surface area contributed by atoms with Gasteiger partial charge in [-0.2, -0.15) is 0 Å². The highest BCUT2D eigenvalue weighted by atomic mass is 16.5. The second-order valence-electron chi connectivity index (χ2n) is 11.7. The second-order valence-corrected chi connectivity index (χ2v) is 11.7. The SMILES string of the molecule is CCCCCCCOC(=O)[C@@]1(C)CC[C@@H](C2CCC(C3CCC(CC)CC3)CC2)CC1=O. The molecule has 32 heavy (non-hydrogen) atoms. The number of hydrogen-bond donors (Lipinski definition) is 0. The Kier molecular flexibility index (Phi) is 10.1. The van der Waals surface area contributed by atoms with Gasteiger partial charge in [0.15, 0.2) is 0 Å². The summed E-state index contributed by atoms with van der Waals surface area (Å²) in [6.07, 6.45) is 20.5. The van der Waals surface area contributed by atoms with Crippen molar-refractivity contribution in [3.8, 4) is 0 Å². The molecule has 3 rings (SSSR count). The molecule has 3 saturated carbocycles. The molecule has 0 spiro atoms. The number of ether oxygens (including phenoxy) is 1. The minimum atomic E-state index is -0.894. The van der Waals surface area contributed by atoms with Gasteiger partial charge >= 0.3 is 5.97 Å². The molecule has 0 radical (unpaired) electrons. The van der Waals surface area contributed by atoms with Crippen molar-refractivity contribution in [2.75, 3.05) is 6.61 Å². The highest BCUT2D eigenvalue weighted by molar-refractivity contribution is 6.04. The largest absolute Gasteiger partial charge is 0.465 e. The number of hydrogen-bond acceptors (Lipinski definition) is 3. The molecular weight excluding hydrogens is 396 g/mol. The van der Waals surface area contributed by atoms with Crippen molar-refractivity contribution in [2.45, 2.75) is 130 Å². The predicted molar refractivity (Wildman–Crippen MR) is 131 cm³/mol. The molecule has 3 nitrogen and oxygen atoms in total. The Balaban J connectivity index is 1.38. The van der Waals surface area contributed by atoms with Gasteiger partial charge in [-0.3, -0.25) is 9.59 Å². The molecule has 184 valence electrons. The Hall–Kier alpha value is -0.860. The van der Waals surface area contributed by atoms with Crippen molar-refractivity contribution >= 4 is 11.8 Å². The fourth-order valence-electron chi connectivity index (χ4n) is 6.98. The zero-order chi connectivity index (χ0) is 23.0. The number of esters is 1. The van der Waals surface area contributed by atoms with E-state index in [1.54, 1.807) is 0 Å². The van der Waals surface area contributed by atoms with Gasteiger partial charge in [0.1, 0.15) is 11.2 Å². The number of unbranched alkanes of at least 4 members (excludes halogenated alkanes) is 4. The van der Waals surface area contributed by atoms with Crippen LogP contribution in [0.1, 0.15) is 130 Å². The van der Waals surface area contributed by atoms with Crippen LogP contribution in [-0.4, -0.2) is 18.4 Å². The third-order valence-corrected chi connectivity index (χ3v) is 9.63. The van der Waals surface area contributed by atoms with Crippen LogP contribution < -0.4 is 0 Å². The van der Waals surface area contributed by atoms with Gasteiger partial charge in [-0.25, -0.2) is 0 Å². The Labute approximate surface area is 197 Å². The van der Waals surface area contributed by atoms with Crippen LogP contribution in [0.2, 0.25) is 0 Å². The van der Waals surface area contributed by atoms with E-state index in [4.69, 9.17) is 4.74 Å². The van der Waals surface area contributed by atoms with Gasteiger partial charge in [0.25, 0.3) is 0 Å². The van der Waals surface area contributed by atoms with Crippen molar-refractivity contribution < 1.29 is 14.3 Å². The Bertz CT molecular complexity index is 583. The van der Waals surface area contributed by atoms with Gasteiger partial charge < -0.3 is 4.74 Å². The highest BCUT2D eigenvalue weighted by Gasteiger charge is 2.47. The van der Waals surface area contributed by atoms with E-state index in [1.165, 1.54) is 77.0 Å². The maximum absolute atomic E-state index is 13.1. The molecule has 0 saturated heterocycles. The molecule has 0 aromatic carbocycles. The lowest BCUT2D eigenvalue weighted by Gasteiger charge is -2.42. The first kappa shape index (κ1) is 25.8. The molecule has 0 unspecified atom stereocenters. The summed E-state index contributed by atoms with van der Waals surface area (Å²) in [7, 11) is 0.